The molecule has 7 nitrogen and oxygen atoms in total. The maximum atomic E-state index is 12.9. The molecular formula is C24H27N5O2. The summed E-state index contributed by atoms with van der Waals surface area (Å²) in [5.74, 6) is 1.12. The van der Waals surface area contributed by atoms with Gasteiger partial charge in [0.1, 0.15) is 5.75 Å². The number of hydrogen-bond acceptors (Lipinski definition) is 6. The number of nitrogen functional groups attached to an aromatic ring is 1. The van der Waals surface area contributed by atoms with Gasteiger partial charge in [-0.15, -0.1) is 0 Å². The van der Waals surface area contributed by atoms with Crippen molar-refractivity contribution in [1.82, 2.24) is 14.9 Å². The zero-order valence-corrected chi connectivity index (χ0v) is 17.6. The average Bonchev–Trinajstić information content (AvgIpc) is 2.81. The highest BCUT2D eigenvalue weighted by Crippen LogP contribution is 2.26. The molecule has 1 saturated heterocycles. The zero-order valence-electron chi connectivity index (χ0n) is 17.6. The summed E-state index contributed by atoms with van der Waals surface area (Å²) in [6, 6.07) is 15.8. The SMILES string of the molecule is COc1cccc(-c2ccc(NC(=O)[C@H]3CCCN(Cc4cnc(N)nc4)C3)cc2)c1. The first-order valence-electron chi connectivity index (χ1n) is 10.4. The molecule has 160 valence electrons. The molecule has 3 aromatic rings. The monoisotopic (exact) mass is 417 g/mol. The van der Waals surface area contributed by atoms with Crippen LogP contribution < -0.4 is 15.8 Å². The summed E-state index contributed by atoms with van der Waals surface area (Å²) < 4.78 is 5.30. The van der Waals surface area contributed by atoms with Crippen LogP contribution in [0.4, 0.5) is 11.6 Å². The predicted molar refractivity (Wildman–Crippen MR) is 122 cm³/mol. The van der Waals surface area contributed by atoms with Crippen molar-refractivity contribution in [2.45, 2.75) is 19.4 Å². The molecule has 0 unspecified atom stereocenters. The van der Waals surface area contributed by atoms with Gasteiger partial charge in [-0.1, -0.05) is 24.3 Å². The second-order valence-electron chi connectivity index (χ2n) is 7.82. The number of nitrogens with two attached hydrogens (primary N) is 1. The van der Waals surface area contributed by atoms with E-state index >= 15 is 0 Å². The van der Waals surface area contributed by atoms with E-state index in [1.165, 1.54) is 0 Å². The van der Waals surface area contributed by atoms with Crippen molar-refractivity contribution in [1.29, 1.82) is 0 Å². The van der Waals surface area contributed by atoms with Crippen LogP contribution in [0.3, 0.4) is 0 Å². The molecule has 31 heavy (non-hydrogen) atoms. The zero-order chi connectivity index (χ0) is 21.6. The van der Waals surface area contributed by atoms with Crippen molar-refractivity contribution in [2.75, 3.05) is 31.2 Å². The van der Waals surface area contributed by atoms with Crippen LogP contribution in [0, 0.1) is 5.92 Å². The highest BCUT2D eigenvalue weighted by Gasteiger charge is 2.26. The number of carbonyl (C=O) groups is 1. The predicted octanol–water partition coefficient (Wildman–Crippen LogP) is 3.59. The Morgan fingerprint density at radius 1 is 1.16 bits per heavy atom. The molecule has 4 rings (SSSR count). The molecule has 1 amide bonds. The van der Waals surface area contributed by atoms with E-state index < -0.39 is 0 Å². The van der Waals surface area contributed by atoms with Gasteiger partial charge in [0.15, 0.2) is 0 Å². The van der Waals surface area contributed by atoms with E-state index in [-0.39, 0.29) is 17.8 Å². The Bertz CT molecular complexity index is 1020. The molecule has 0 radical (unpaired) electrons. The summed E-state index contributed by atoms with van der Waals surface area (Å²) in [4.78, 5) is 23.2. The topological polar surface area (TPSA) is 93.4 Å². The molecule has 1 aliphatic rings. The van der Waals surface area contributed by atoms with Crippen LogP contribution in [0.15, 0.2) is 60.9 Å². The molecule has 2 aromatic carbocycles. The van der Waals surface area contributed by atoms with Gasteiger partial charge >= 0.3 is 0 Å². The fourth-order valence-electron chi connectivity index (χ4n) is 3.91. The van der Waals surface area contributed by atoms with Crippen LogP contribution in [0.25, 0.3) is 11.1 Å². The number of rotatable bonds is 6. The molecule has 7 heteroatoms. The Morgan fingerprint density at radius 3 is 2.68 bits per heavy atom. The maximum absolute atomic E-state index is 12.9. The summed E-state index contributed by atoms with van der Waals surface area (Å²) in [5, 5.41) is 3.07. The van der Waals surface area contributed by atoms with Gasteiger partial charge < -0.3 is 15.8 Å². The summed E-state index contributed by atoms with van der Waals surface area (Å²) in [6.45, 7) is 2.40. The summed E-state index contributed by atoms with van der Waals surface area (Å²) in [6.07, 6.45) is 5.37. The van der Waals surface area contributed by atoms with Crippen LogP contribution in [-0.4, -0.2) is 41.0 Å². The van der Waals surface area contributed by atoms with E-state index in [4.69, 9.17) is 10.5 Å². The molecule has 2 heterocycles. The van der Waals surface area contributed by atoms with E-state index in [0.29, 0.717) is 0 Å². The first kappa shape index (κ1) is 20.8. The number of anilines is 2. The van der Waals surface area contributed by atoms with E-state index in [0.717, 1.165) is 60.6 Å². The van der Waals surface area contributed by atoms with Crippen molar-refractivity contribution in [3.8, 4) is 16.9 Å². The second kappa shape index (κ2) is 9.57. The molecule has 1 aliphatic heterocycles. The molecule has 0 spiro atoms. The van der Waals surface area contributed by atoms with Gasteiger partial charge in [0.05, 0.1) is 13.0 Å². The first-order chi connectivity index (χ1) is 15.1. The Labute approximate surface area is 182 Å². The second-order valence-corrected chi connectivity index (χ2v) is 7.82. The minimum Gasteiger partial charge on any atom is -0.497 e. The average molecular weight is 418 g/mol. The number of carbonyl (C=O) groups excluding carboxylic acids is 1. The fourth-order valence-corrected chi connectivity index (χ4v) is 3.91. The van der Waals surface area contributed by atoms with Crippen molar-refractivity contribution in [3.05, 3.63) is 66.5 Å². The van der Waals surface area contributed by atoms with Gasteiger partial charge in [0.2, 0.25) is 11.9 Å². The van der Waals surface area contributed by atoms with Crippen LogP contribution in [0.2, 0.25) is 0 Å². The number of hydrogen-bond donors (Lipinski definition) is 2. The number of piperidine rings is 1. The lowest BCUT2D eigenvalue weighted by Crippen LogP contribution is -2.40. The normalized spacial score (nSPS) is 16.6. The van der Waals surface area contributed by atoms with E-state index in [2.05, 4.69) is 20.2 Å². The van der Waals surface area contributed by atoms with E-state index in [9.17, 15) is 4.79 Å². The summed E-state index contributed by atoms with van der Waals surface area (Å²) >= 11 is 0. The molecule has 0 aliphatic carbocycles. The minimum atomic E-state index is -0.0403. The molecule has 1 aromatic heterocycles. The van der Waals surface area contributed by atoms with Crippen LogP contribution in [0.5, 0.6) is 5.75 Å². The van der Waals surface area contributed by atoms with Crippen LogP contribution >= 0.6 is 0 Å². The lowest BCUT2D eigenvalue weighted by atomic mass is 9.96. The van der Waals surface area contributed by atoms with Gasteiger partial charge in [-0.05, 0) is 54.8 Å². The van der Waals surface area contributed by atoms with Gasteiger partial charge in [-0.2, -0.15) is 0 Å². The number of ether oxygens (including phenoxy) is 1. The largest absolute Gasteiger partial charge is 0.497 e. The Morgan fingerprint density at radius 2 is 1.94 bits per heavy atom. The molecule has 1 fully saturated rings. The molecule has 1 atom stereocenters. The minimum absolute atomic E-state index is 0.0403. The van der Waals surface area contributed by atoms with Gasteiger partial charge in [-0.25, -0.2) is 9.97 Å². The van der Waals surface area contributed by atoms with E-state index in [1.54, 1.807) is 19.5 Å². The van der Waals surface area contributed by atoms with Crippen molar-refractivity contribution < 1.29 is 9.53 Å². The third-order valence-corrected chi connectivity index (χ3v) is 5.56. The fraction of sp³-hybridized carbons (Fsp3) is 0.292. The summed E-state index contributed by atoms with van der Waals surface area (Å²) in [5.41, 5.74) is 9.52. The molecule has 3 N–H and O–H groups in total. The Hall–Kier alpha value is -3.45. The standard InChI is InChI=1S/C24H27N5O2/c1-31-22-6-2-4-19(12-22)18-7-9-21(10-8-18)28-23(30)20-5-3-11-29(16-20)15-17-13-26-24(25)27-14-17/h2,4,6-10,12-14,20H,3,5,11,15-16H2,1H3,(H,28,30)(H2,25,26,27)/t20-/m0/s1. The number of likely N-dealkylation sites (tertiary alicyclic amines) is 1. The number of nitrogens with one attached hydrogen (secondary N) is 1. The Kier molecular flexibility index (Phi) is 6.43. The summed E-state index contributed by atoms with van der Waals surface area (Å²) in [7, 11) is 1.66. The van der Waals surface area contributed by atoms with Crippen LogP contribution in [-0.2, 0) is 11.3 Å². The number of methoxy groups -OCH3 is 1. The van der Waals surface area contributed by atoms with Crippen LogP contribution in [0.1, 0.15) is 18.4 Å². The quantitative estimate of drug-likeness (QED) is 0.637. The number of aromatic nitrogens is 2. The Balaban J connectivity index is 1.35. The molecule has 0 saturated carbocycles. The number of amides is 1. The van der Waals surface area contributed by atoms with Crippen molar-refractivity contribution in [3.63, 3.8) is 0 Å². The van der Waals surface area contributed by atoms with E-state index in [1.807, 2.05) is 48.5 Å². The van der Waals surface area contributed by atoms with Crippen molar-refractivity contribution >= 4 is 17.5 Å². The maximum Gasteiger partial charge on any atom is 0.228 e. The van der Waals surface area contributed by atoms with Gasteiger partial charge in [0.25, 0.3) is 0 Å². The highest BCUT2D eigenvalue weighted by atomic mass is 16.5. The number of nitrogens with zero attached hydrogens (tertiary/aromatic N) is 3. The third kappa shape index (κ3) is 5.38. The smallest absolute Gasteiger partial charge is 0.228 e. The lowest BCUT2D eigenvalue weighted by Gasteiger charge is -2.31. The molecular weight excluding hydrogens is 390 g/mol. The van der Waals surface area contributed by atoms with Gasteiger partial charge in [-0.3, -0.25) is 9.69 Å². The first-order valence-corrected chi connectivity index (χ1v) is 10.4. The lowest BCUT2D eigenvalue weighted by molar-refractivity contribution is -0.121. The van der Waals surface area contributed by atoms with Gasteiger partial charge in [0, 0.05) is 36.7 Å². The third-order valence-electron chi connectivity index (χ3n) is 5.56. The molecule has 0 bridgehead atoms. The van der Waals surface area contributed by atoms with Crippen molar-refractivity contribution in [2.24, 2.45) is 5.92 Å². The highest BCUT2D eigenvalue weighted by molar-refractivity contribution is 5.93. The number of benzene rings is 2.